The van der Waals surface area contributed by atoms with Gasteiger partial charge in [-0.2, -0.15) is 13.2 Å². The summed E-state index contributed by atoms with van der Waals surface area (Å²) in [5.41, 5.74) is 5.77. The molecule has 0 fully saturated rings. The quantitative estimate of drug-likeness (QED) is 0.918. The summed E-state index contributed by atoms with van der Waals surface area (Å²) in [6, 6.07) is 2.77. The molecule has 0 saturated carbocycles. The molecule has 2 rings (SSSR count). The summed E-state index contributed by atoms with van der Waals surface area (Å²) in [7, 11) is 0. The molecule has 0 bridgehead atoms. The van der Waals surface area contributed by atoms with Crippen LogP contribution in [0.3, 0.4) is 0 Å². The van der Waals surface area contributed by atoms with E-state index in [2.05, 4.69) is 4.98 Å². The molecule has 0 spiro atoms. The van der Waals surface area contributed by atoms with Gasteiger partial charge in [-0.3, -0.25) is 0 Å². The van der Waals surface area contributed by atoms with E-state index in [1.807, 2.05) is 0 Å². The van der Waals surface area contributed by atoms with Crippen molar-refractivity contribution in [3.63, 3.8) is 0 Å². The molecule has 0 radical (unpaired) electrons. The molecule has 102 valence electrons. The van der Waals surface area contributed by atoms with Crippen molar-refractivity contribution in [3.05, 3.63) is 47.0 Å². The fraction of sp³-hybridized carbons (Fsp3) is 0.250. The van der Waals surface area contributed by atoms with Gasteiger partial charge in [-0.25, -0.2) is 4.98 Å². The Kier molecular flexibility index (Phi) is 3.56. The molecular weight excluding hydrogens is 279 g/mol. The lowest BCUT2D eigenvalue weighted by Gasteiger charge is -2.14. The maximum absolute atomic E-state index is 12.7. The van der Waals surface area contributed by atoms with Crippen LogP contribution in [0.2, 0.25) is 5.02 Å². The lowest BCUT2D eigenvalue weighted by Crippen LogP contribution is -2.12. The van der Waals surface area contributed by atoms with Crippen LogP contribution in [0.5, 0.6) is 0 Å². The standard InChI is InChI=1S/C12H11ClF3N3/c1-7(17)11-5-18-6-19(11)10-4-8(12(14,15)16)2-3-9(10)13/h2-7H,17H2,1H3. The Labute approximate surface area is 112 Å². The van der Waals surface area contributed by atoms with E-state index in [-0.39, 0.29) is 16.8 Å². The molecule has 0 aliphatic rings. The number of hydrogen-bond donors (Lipinski definition) is 1. The minimum absolute atomic E-state index is 0.202. The van der Waals surface area contributed by atoms with Crippen molar-refractivity contribution in [2.45, 2.75) is 19.1 Å². The number of alkyl halides is 3. The third kappa shape index (κ3) is 2.74. The highest BCUT2D eigenvalue weighted by Crippen LogP contribution is 2.33. The molecular formula is C12H11ClF3N3. The van der Waals surface area contributed by atoms with E-state index in [1.54, 1.807) is 6.92 Å². The summed E-state index contributed by atoms with van der Waals surface area (Å²) >= 11 is 5.96. The van der Waals surface area contributed by atoms with E-state index in [4.69, 9.17) is 17.3 Å². The van der Waals surface area contributed by atoms with Crippen LogP contribution in [0.1, 0.15) is 24.2 Å². The zero-order valence-corrected chi connectivity index (χ0v) is 10.7. The Balaban J connectivity index is 2.58. The maximum atomic E-state index is 12.7. The highest BCUT2D eigenvalue weighted by atomic mass is 35.5. The van der Waals surface area contributed by atoms with Crippen LogP contribution in [0, 0.1) is 0 Å². The maximum Gasteiger partial charge on any atom is 0.416 e. The third-order valence-electron chi connectivity index (χ3n) is 2.67. The Morgan fingerprint density at radius 1 is 1.37 bits per heavy atom. The van der Waals surface area contributed by atoms with E-state index >= 15 is 0 Å². The minimum atomic E-state index is -4.42. The monoisotopic (exact) mass is 289 g/mol. The topological polar surface area (TPSA) is 43.8 Å². The van der Waals surface area contributed by atoms with Gasteiger partial charge in [-0.1, -0.05) is 11.6 Å². The van der Waals surface area contributed by atoms with E-state index in [9.17, 15) is 13.2 Å². The molecule has 1 aromatic heterocycles. The molecule has 2 N–H and O–H groups in total. The normalized spacial score (nSPS) is 13.6. The van der Waals surface area contributed by atoms with E-state index < -0.39 is 11.7 Å². The average molecular weight is 290 g/mol. The predicted octanol–water partition coefficient (Wildman–Crippen LogP) is 3.56. The summed E-state index contributed by atoms with van der Waals surface area (Å²) in [4.78, 5) is 3.90. The van der Waals surface area contributed by atoms with Crippen molar-refractivity contribution in [1.29, 1.82) is 0 Å². The van der Waals surface area contributed by atoms with Crippen LogP contribution < -0.4 is 5.73 Å². The van der Waals surface area contributed by atoms with Crippen LogP contribution in [0.25, 0.3) is 5.69 Å². The summed E-state index contributed by atoms with van der Waals surface area (Å²) in [5.74, 6) is 0. The van der Waals surface area contributed by atoms with Gasteiger partial charge >= 0.3 is 6.18 Å². The molecule has 1 atom stereocenters. The molecule has 1 unspecified atom stereocenters. The minimum Gasteiger partial charge on any atom is -0.323 e. The van der Waals surface area contributed by atoms with Gasteiger partial charge < -0.3 is 10.3 Å². The molecule has 1 heterocycles. The first-order valence-electron chi connectivity index (χ1n) is 5.45. The Morgan fingerprint density at radius 2 is 2.05 bits per heavy atom. The second-order valence-corrected chi connectivity index (χ2v) is 4.55. The van der Waals surface area contributed by atoms with Crippen molar-refractivity contribution in [2.24, 2.45) is 5.73 Å². The molecule has 7 heteroatoms. The molecule has 1 aromatic carbocycles. The van der Waals surface area contributed by atoms with Crippen LogP contribution >= 0.6 is 11.6 Å². The first kappa shape index (κ1) is 13.9. The fourth-order valence-electron chi connectivity index (χ4n) is 1.72. The highest BCUT2D eigenvalue weighted by Gasteiger charge is 2.31. The molecule has 0 aliphatic heterocycles. The van der Waals surface area contributed by atoms with Gasteiger partial charge in [0.1, 0.15) is 0 Å². The number of hydrogen-bond acceptors (Lipinski definition) is 2. The molecule has 19 heavy (non-hydrogen) atoms. The van der Waals surface area contributed by atoms with Crippen LogP contribution in [-0.4, -0.2) is 9.55 Å². The highest BCUT2D eigenvalue weighted by molar-refractivity contribution is 6.32. The van der Waals surface area contributed by atoms with E-state index in [0.717, 1.165) is 12.1 Å². The number of rotatable bonds is 2. The third-order valence-corrected chi connectivity index (χ3v) is 2.99. The Hall–Kier alpha value is -1.53. The molecule has 2 aromatic rings. The predicted molar refractivity (Wildman–Crippen MR) is 66.2 cm³/mol. The van der Waals surface area contributed by atoms with E-state index in [1.165, 1.54) is 23.2 Å². The zero-order valence-electron chi connectivity index (χ0n) is 9.95. The van der Waals surface area contributed by atoms with E-state index in [0.29, 0.717) is 5.69 Å². The lowest BCUT2D eigenvalue weighted by molar-refractivity contribution is -0.137. The van der Waals surface area contributed by atoms with Crippen molar-refractivity contribution >= 4 is 11.6 Å². The average Bonchev–Trinajstić information content (AvgIpc) is 2.76. The summed E-state index contributed by atoms with van der Waals surface area (Å²) in [5, 5.41) is 0.202. The van der Waals surface area contributed by atoms with Crippen molar-refractivity contribution < 1.29 is 13.2 Å². The second-order valence-electron chi connectivity index (χ2n) is 4.14. The molecule has 0 saturated heterocycles. The van der Waals surface area contributed by atoms with Crippen LogP contribution in [0.4, 0.5) is 13.2 Å². The van der Waals surface area contributed by atoms with Crippen molar-refractivity contribution in [1.82, 2.24) is 9.55 Å². The van der Waals surface area contributed by atoms with Gasteiger partial charge in [0.2, 0.25) is 0 Å². The van der Waals surface area contributed by atoms with Gasteiger partial charge in [-0.05, 0) is 25.1 Å². The summed E-state index contributed by atoms with van der Waals surface area (Å²) < 4.78 is 39.6. The summed E-state index contributed by atoms with van der Waals surface area (Å²) in [6.45, 7) is 1.72. The molecule has 0 amide bonds. The fourth-order valence-corrected chi connectivity index (χ4v) is 1.93. The molecule has 0 aliphatic carbocycles. The number of benzene rings is 1. The Morgan fingerprint density at radius 3 is 2.63 bits per heavy atom. The van der Waals surface area contributed by atoms with Gasteiger partial charge in [-0.15, -0.1) is 0 Å². The largest absolute Gasteiger partial charge is 0.416 e. The summed E-state index contributed by atoms with van der Waals surface area (Å²) in [6.07, 6.45) is -1.53. The van der Waals surface area contributed by atoms with Crippen LogP contribution in [-0.2, 0) is 6.18 Å². The second kappa shape index (κ2) is 4.86. The molecule has 3 nitrogen and oxygen atoms in total. The number of imidazole rings is 1. The SMILES string of the molecule is CC(N)c1cncn1-c1cc(C(F)(F)F)ccc1Cl. The van der Waals surface area contributed by atoms with Crippen molar-refractivity contribution in [2.75, 3.05) is 0 Å². The van der Waals surface area contributed by atoms with Crippen LogP contribution in [0.15, 0.2) is 30.7 Å². The number of aromatic nitrogens is 2. The van der Waals surface area contributed by atoms with Gasteiger partial charge in [0.15, 0.2) is 0 Å². The first-order valence-corrected chi connectivity index (χ1v) is 5.83. The van der Waals surface area contributed by atoms with Gasteiger partial charge in [0, 0.05) is 6.04 Å². The Bertz CT molecular complexity index is 590. The van der Waals surface area contributed by atoms with Gasteiger partial charge in [0.25, 0.3) is 0 Å². The van der Waals surface area contributed by atoms with Crippen molar-refractivity contribution in [3.8, 4) is 5.69 Å². The first-order chi connectivity index (χ1) is 8.80. The smallest absolute Gasteiger partial charge is 0.323 e. The number of nitrogens with zero attached hydrogens (tertiary/aromatic N) is 2. The zero-order chi connectivity index (χ0) is 14.2. The lowest BCUT2D eigenvalue weighted by atomic mass is 10.1. The number of nitrogens with two attached hydrogens (primary N) is 1. The number of halogens is 4. The van der Waals surface area contributed by atoms with Gasteiger partial charge in [0.05, 0.1) is 34.5 Å².